The summed E-state index contributed by atoms with van der Waals surface area (Å²) in [6.45, 7) is 9.00. The molecule has 0 radical (unpaired) electrons. The molecule has 1 atom stereocenters. The quantitative estimate of drug-likeness (QED) is 0.559. The van der Waals surface area contributed by atoms with E-state index < -0.39 is 0 Å². The molecule has 1 amide bonds. The molecule has 190 valence electrons. The Morgan fingerprint density at radius 1 is 1.14 bits per heavy atom. The number of morpholine rings is 1. The third-order valence-corrected chi connectivity index (χ3v) is 7.65. The van der Waals surface area contributed by atoms with Crippen LogP contribution in [-0.4, -0.2) is 84.8 Å². The number of rotatable bonds is 5. The van der Waals surface area contributed by atoms with Crippen LogP contribution >= 0.6 is 11.3 Å². The SMILES string of the molecule is Cc1csc(C(=O)Nc2cc(-c3cnc(N4CCOCC4)nc3)c(F)cc2N2CCN(C)[C@@H](C)C2)n1. The largest absolute Gasteiger partial charge is 0.378 e. The number of aryl methyl sites for hydroxylation is 1. The lowest BCUT2D eigenvalue weighted by Crippen LogP contribution is -2.50. The van der Waals surface area contributed by atoms with Gasteiger partial charge in [0.1, 0.15) is 5.82 Å². The second-order valence-corrected chi connectivity index (χ2v) is 10.1. The van der Waals surface area contributed by atoms with Crippen LogP contribution in [0.5, 0.6) is 0 Å². The van der Waals surface area contributed by atoms with Gasteiger partial charge in [-0.2, -0.15) is 0 Å². The fraction of sp³-hybridized carbons (Fsp3) is 0.440. The first-order chi connectivity index (χ1) is 17.4. The van der Waals surface area contributed by atoms with Crippen molar-refractivity contribution in [1.82, 2.24) is 19.9 Å². The molecule has 1 aromatic carbocycles. The highest BCUT2D eigenvalue weighted by molar-refractivity contribution is 7.11. The highest BCUT2D eigenvalue weighted by Crippen LogP contribution is 2.35. The van der Waals surface area contributed by atoms with E-state index in [1.807, 2.05) is 17.2 Å². The van der Waals surface area contributed by atoms with Crippen LogP contribution in [-0.2, 0) is 4.74 Å². The first kappa shape index (κ1) is 24.5. The average Bonchev–Trinajstić information content (AvgIpc) is 3.33. The fourth-order valence-electron chi connectivity index (χ4n) is 4.43. The molecule has 0 unspecified atom stereocenters. The number of aromatic nitrogens is 3. The molecule has 5 rings (SSSR count). The van der Waals surface area contributed by atoms with Crippen molar-refractivity contribution in [2.24, 2.45) is 0 Å². The number of ether oxygens (including phenoxy) is 1. The van der Waals surface area contributed by atoms with Crippen LogP contribution in [0.1, 0.15) is 22.4 Å². The van der Waals surface area contributed by atoms with Crippen molar-refractivity contribution in [3.63, 3.8) is 0 Å². The molecule has 4 heterocycles. The lowest BCUT2D eigenvalue weighted by Gasteiger charge is -2.39. The van der Waals surface area contributed by atoms with Crippen LogP contribution in [0.4, 0.5) is 21.7 Å². The molecule has 11 heteroatoms. The van der Waals surface area contributed by atoms with Crippen LogP contribution < -0.4 is 15.1 Å². The summed E-state index contributed by atoms with van der Waals surface area (Å²) in [7, 11) is 2.08. The number of carbonyl (C=O) groups is 1. The first-order valence-electron chi connectivity index (χ1n) is 12.1. The van der Waals surface area contributed by atoms with Gasteiger partial charge in [-0.15, -0.1) is 11.3 Å². The van der Waals surface area contributed by atoms with Crippen molar-refractivity contribution in [1.29, 1.82) is 0 Å². The molecule has 2 fully saturated rings. The van der Waals surface area contributed by atoms with Gasteiger partial charge in [-0.3, -0.25) is 4.79 Å². The van der Waals surface area contributed by atoms with E-state index >= 15 is 4.39 Å². The summed E-state index contributed by atoms with van der Waals surface area (Å²) in [6.07, 6.45) is 3.26. The van der Waals surface area contributed by atoms with Gasteiger partial charge in [-0.05, 0) is 33.0 Å². The summed E-state index contributed by atoms with van der Waals surface area (Å²) in [5.41, 5.74) is 2.86. The van der Waals surface area contributed by atoms with E-state index in [1.54, 1.807) is 18.5 Å². The van der Waals surface area contributed by atoms with Gasteiger partial charge in [-0.1, -0.05) is 0 Å². The zero-order valence-electron chi connectivity index (χ0n) is 20.7. The van der Waals surface area contributed by atoms with E-state index in [0.29, 0.717) is 52.7 Å². The Labute approximate surface area is 213 Å². The highest BCUT2D eigenvalue weighted by atomic mass is 32.1. The Hall–Kier alpha value is -3.15. The maximum atomic E-state index is 15.5. The molecule has 36 heavy (non-hydrogen) atoms. The molecular weight excluding hydrogens is 481 g/mol. The van der Waals surface area contributed by atoms with E-state index in [4.69, 9.17) is 4.74 Å². The van der Waals surface area contributed by atoms with Gasteiger partial charge in [0.2, 0.25) is 5.95 Å². The van der Waals surface area contributed by atoms with Gasteiger partial charge in [0.25, 0.3) is 5.91 Å². The number of nitrogens with zero attached hydrogens (tertiary/aromatic N) is 6. The normalized spacial score (nSPS) is 18.9. The summed E-state index contributed by atoms with van der Waals surface area (Å²) in [5.74, 6) is -0.103. The molecule has 2 aliphatic heterocycles. The summed E-state index contributed by atoms with van der Waals surface area (Å²) < 4.78 is 20.9. The topological polar surface area (TPSA) is 86.7 Å². The van der Waals surface area contributed by atoms with Gasteiger partial charge >= 0.3 is 0 Å². The minimum atomic E-state index is -0.387. The number of halogens is 1. The highest BCUT2D eigenvalue weighted by Gasteiger charge is 2.25. The van der Waals surface area contributed by atoms with Gasteiger partial charge in [0.05, 0.1) is 24.6 Å². The third kappa shape index (κ3) is 5.18. The molecule has 0 bridgehead atoms. The number of benzene rings is 1. The minimum absolute atomic E-state index is 0.299. The number of likely N-dealkylation sites (N-methyl/N-ethyl adjacent to an activating group) is 1. The molecule has 2 aliphatic rings. The summed E-state index contributed by atoms with van der Waals surface area (Å²) in [5, 5.41) is 5.19. The Morgan fingerprint density at radius 2 is 1.89 bits per heavy atom. The molecule has 1 N–H and O–H groups in total. The lowest BCUT2D eigenvalue weighted by atomic mass is 10.0. The van der Waals surface area contributed by atoms with E-state index in [0.717, 1.165) is 38.4 Å². The Kier molecular flexibility index (Phi) is 7.13. The van der Waals surface area contributed by atoms with Crippen LogP contribution in [0.2, 0.25) is 0 Å². The van der Waals surface area contributed by atoms with Gasteiger partial charge < -0.3 is 24.8 Å². The number of thiazole rings is 1. The van der Waals surface area contributed by atoms with Crippen molar-refractivity contribution in [2.45, 2.75) is 19.9 Å². The second-order valence-electron chi connectivity index (χ2n) is 9.24. The number of hydrogen-bond donors (Lipinski definition) is 1. The van der Waals surface area contributed by atoms with Crippen LogP contribution in [0.3, 0.4) is 0 Å². The first-order valence-corrected chi connectivity index (χ1v) is 12.9. The van der Waals surface area contributed by atoms with Crippen molar-refractivity contribution in [3.8, 4) is 11.1 Å². The van der Waals surface area contributed by atoms with Gasteiger partial charge in [0, 0.05) is 73.4 Å². The molecule has 9 nitrogen and oxygen atoms in total. The molecule has 2 aromatic heterocycles. The summed E-state index contributed by atoms with van der Waals surface area (Å²) in [4.78, 5) is 32.7. The monoisotopic (exact) mass is 511 g/mol. The average molecular weight is 512 g/mol. The number of amides is 1. The van der Waals surface area contributed by atoms with Crippen molar-refractivity contribution >= 4 is 34.6 Å². The Balaban J connectivity index is 1.48. The van der Waals surface area contributed by atoms with Gasteiger partial charge in [0.15, 0.2) is 5.01 Å². The van der Waals surface area contributed by atoms with E-state index in [1.165, 1.54) is 17.4 Å². The summed E-state index contributed by atoms with van der Waals surface area (Å²) in [6, 6.07) is 3.48. The fourth-order valence-corrected chi connectivity index (χ4v) is 5.12. The van der Waals surface area contributed by atoms with Crippen LogP contribution in [0.25, 0.3) is 11.1 Å². The van der Waals surface area contributed by atoms with Crippen molar-refractivity contribution in [2.75, 3.05) is 68.1 Å². The van der Waals surface area contributed by atoms with E-state index in [-0.39, 0.29) is 11.7 Å². The van der Waals surface area contributed by atoms with E-state index in [9.17, 15) is 4.79 Å². The third-order valence-electron chi connectivity index (χ3n) is 6.69. The van der Waals surface area contributed by atoms with E-state index in [2.05, 4.69) is 44.0 Å². The second kappa shape index (κ2) is 10.5. The number of piperazine rings is 1. The molecule has 0 spiro atoms. The molecule has 2 saturated heterocycles. The number of carbonyl (C=O) groups excluding carboxylic acids is 1. The number of nitrogens with one attached hydrogen (secondary N) is 1. The Morgan fingerprint density at radius 3 is 2.56 bits per heavy atom. The maximum Gasteiger partial charge on any atom is 0.284 e. The van der Waals surface area contributed by atoms with Crippen molar-refractivity contribution in [3.05, 3.63) is 46.4 Å². The molecule has 0 saturated carbocycles. The predicted octanol–water partition coefficient (Wildman–Crippen LogP) is 3.28. The standard InChI is InChI=1S/C25H30FN7O2S/c1-16-15-36-24(29-16)23(34)30-21-10-19(18-12-27-25(28-13-18)32-6-8-35-9-7-32)20(26)11-22(21)33-5-4-31(3)17(2)14-33/h10-13,15,17H,4-9,14H2,1-3H3,(H,30,34)/t17-/m0/s1. The molecule has 3 aromatic rings. The minimum Gasteiger partial charge on any atom is -0.378 e. The van der Waals surface area contributed by atoms with Crippen molar-refractivity contribution < 1.29 is 13.9 Å². The summed E-state index contributed by atoms with van der Waals surface area (Å²) >= 11 is 1.29. The lowest BCUT2D eigenvalue weighted by molar-refractivity contribution is 0.102. The molecule has 0 aliphatic carbocycles. The van der Waals surface area contributed by atoms with Gasteiger partial charge in [-0.25, -0.2) is 19.3 Å². The number of anilines is 3. The van der Waals surface area contributed by atoms with Crippen LogP contribution in [0, 0.1) is 12.7 Å². The smallest absolute Gasteiger partial charge is 0.284 e. The Bertz CT molecular complexity index is 1230. The zero-order valence-corrected chi connectivity index (χ0v) is 21.5. The number of hydrogen-bond acceptors (Lipinski definition) is 9. The van der Waals surface area contributed by atoms with Crippen LogP contribution in [0.15, 0.2) is 29.9 Å². The molecular formula is C25H30FN7O2S. The zero-order chi connectivity index (χ0) is 25.2. The maximum absolute atomic E-state index is 15.5. The predicted molar refractivity (Wildman–Crippen MR) is 140 cm³/mol.